The molecule has 0 spiro atoms. The highest BCUT2D eigenvalue weighted by atomic mass is 35.5. The summed E-state index contributed by atoms with van der Waals surface area (Å²) in [6, 6.07) is 8.28. The molecule has 24 heavy (non-hydrogen) atoms. The molecule has 130 valence electrons. The molecular formula is C15H15Cl2NO4S2. The lowest BCUT2D eigenvalue weighted by molar-refractivity contribution is 0.576. The minimum absolute atomic E-state index is 0.198. The van der Waals surface area contributed by atoms with E-state index in [1.165, 1.54) is 24.3 Å². The van der Waals surface area contributed by atoms with E-state index in [0.29, 0.717) is 17.5 Å². The molecule has 0 aliphatic rings. The van der Waals surface area contributed by atoms with Crippen LogP contribution in [0.5, 0.6) is 0 Å². The molecule has 0 saturated carbocycles. The van der Waals surface area contributed by atoms with E-state index in [2.05, 4.69) is 0 Å². The van der Waals surface area contributed by atoms with Gasteiger partial charge in [-0.15, -0.1) is 4.13 Å². The van der Waals surface area contributed by atoms with Gasteiger partial charge in [-0.2, -0.15) is 0 Å². The first kappa shape index (κ1) is 19.2. The van der Waals surface area contributed by atoms with Gasteiger partial charge in [-0.05, 0) is 60.9 Å². The summed E-state index contributed by atoms with van der Waals surface area (Å²) in [5.74, 6) is 0. The number of nitrogens with one attached hydrogen (secondary N) is 1. The normalized spacial score (nSPS) is 12.3. The first-order valence-corrected chi connectivity index (χ1v) is 10.6. The van der Waals surface area contributed by atoms with Crippen LogP contribution in [-0.4, -0.2) is 16.8 Å². The van der Waals surface area contributed by atoms with E-state index in [-0.39, 0.29) is 19.8 Å². The van der Waals surface area contributed by atoms with Crippen LogP contribution in [0.25, 0.3) is 0 Å². The monoisotopic (exact) mass is 407 g/mol. The van der Waals surface area contributed by atoms with Crippen LogP contribution in [0.4, 0.5) is 0 Å². The molecule has 1 N–H and O–H groups in total. The first-order chi connectivity index (χ1) is 11.0. The Morgan fingerprint density at radius 3 is 1.83 bits per heavy atom. The zero-order chi connectivity index (χ0) is 18.1. The molecule has 2 rings (SSSR count). The Morgan fingerprint density at radius 2 is 1.33 bits per heavy atom. The minimum Gasteiger partial charge on any atom is -0.206 e. The summed E-state index contributed by atoms with van der Waals surface area (Å²) in [7, 11) is -8.62. The van der Waals surface area contributed by atoms with E-state index in [4.69, 9.17) is 23.2 Å². The summed E-state index contributed by atoms with van der Waals surface area (Å²) >= 11 is 11.8. The van der Waals surface area contributed by atoms with E-state index >= 15 is 0 Å². The Bertz CT molecular complexity index is 966. The van der Waals surface area contributed by atoms with Gasteiger partial charge >= 0.3 is 0 Å². The summed E-state index contributed by atoms with van der Waals surface area (Å²) in [5.41, 5.74) is 1.27. The smallest absolute Gasteiger partial charge is 0.206 e. The van der Waals surface area contributed by atoms with Crippen LogP contribution in [0.1, 0.15) is 18.1 Å². The molecule has 0 aliphatic carbocycles. The van der Waals surface area contributed by atoms with Gasteiger partial charge < -0.3 is 0 Å². The minimum atomic E-state index is -4.31. The maximum Gasteiger partial charge on any atom is 0.253 e. The van der Waals surface area contributed by atoms with E-state index in [9.17, 15) is 16.8 Å². The molecule has 5 nitrogen and oxygen atoms in total. The lowest BCUT2D eigenvalue weighted by atomic mass is 10.2. The molecule has 0 radical (unpaired) electrons. The van der Waals surface area contributed by atoms with Gasteiger partial charge in [-0.25, -0.2) is 16.8 Å². The summed E-state index contributed by atoms with van der Waals surface area (Å²) in [6.07, 6.45) is 0.559. The molecule has 0 unspecified atom stereocenters. The molecule has 0 bridgehead atoms. The number of hydrogen-bond donors (Lipinski definition) is 1. The second-order valence-electron chi connectivity index (χ2n) is 5.20. The van der Waals surface area contributed by atoms with Crippen LogP contribution in [0.15, 0.2) is 46.2 Å². The average molecular weight is 408 g/mol. The maximum atomic E-state index is 12.4. The third kappa shape index (κ3) is 4.49. The standard InChI is InChI=1S/C15H15Cl2NO4S2/c1-3-11-6-13(17)9-15(7-11)24(21,22)18-23(19,20)14-5-10(2)4-12(16)8-14/h4-9,18H,3H2,1-2H3. The van der Waals surface area contributed by atoms with Crippen molar-refractivity contribution in [1.29, 1.82) is 0 Å². The van der Waals surface area contributed by atoms with Crippen LogP contribution >= 0.6 is 23.2 Å². The largest absolute Gasteiger partial charge is 0.253 e. The highest BCUT2D eigenvalue weighted by Gasteiger charge is 2.25. The quantitative estimate of drug-likeness (QED) is 0.821. The Morgan fingerprint density at radius 1 is 0.833 bits per heavy atom. The molecule has 2 aromatic rings. The third-order valence-electron chi connectivity index (χ3n) is 3.19. The van der Waals surface area contributed by atoms with Crippen LogP contribution in [0.3, 0.4) is 0 Å². The van der Waals surface area contributed by atoms with Crippen molar-refractivity contribution in [3.05, 3.63) is 57.6 Å². The van der Waals surface area contributed by atoms with Crippen LogP contribution in [-0.2, 0) is 26.5 Å². The average Bonchev–Trinajstić information content (AvgIpc) is 2.44. The molecule has 0 amide bonds. The van der Waals surface area contributed by atoms with Gasteiger partial charge in [-0.3, -0.25) is 0 Å². The summed E-state index contributed by atoms with van der Waals surface area (Å²) in [6.45, 7) is 3.49. The molecule has 2 aromatic carbocycles. The van der Waals surface area contributed by atoms with Crippen molar-refractivity contribution in [2.24, 2.45) is 0 Å². The Hall–Kier alpha value is -1.12. The molecule has 0 aliphatic heterocycles. The molecule has 0 saturated heterocycles. The van der Waals surface area contributed by atoms with Crippen molar-refractivity contribution >= 4 is 43.2 Å². The highest BCUT2D eigenvalue weighted by Crippen LogP contribution is 2.22. The van der Waals surface area contributed by atoms with E-state index in [1.807, 2.05) is 6.92 Å². The molecule has 0 heterocycles. The predicted octanol–water partition coefficient (Wildman–Crippen LogP) is 3.53. The zero-order valence-electron chi connectivity index (χ0n) is 12.9. The lowest BCUT2D eigenvalue weighted by Crippen LogP contribution is -2.30. The Balaban J connectivity index is 2.46. The van der Waals surface area contributed by atoms with Crippen molar-refractivity contribution in [1.82, 2.24) is 4.13 Å². The van der Waals surface area contributed by atoms with E-state index < -0.39 is 20.0 Å². The van der Waals surface area contributed by atoms with Crippen molar-refractivity contribution < 1.29 is 16.8 Å². The van der Waals surface area contributed by atoms with Gasteiger partial charge in [-0.1, -0.05) is 30.1 Å². The van der Waals surface area contributed by atoms with Crippen molar-refractivity contribution in [2.75, 3.05) is 0 Å². The second kappa shape index (κ2) is 7.01. The molecule has 0 fully saturated rings. The number of benzene rings is 2. The van der Waals surface area contributed by atoms with Crippen LogP contribution in [0, 0.1) is 6.92 Å². The Kier molecular flexibility index (Phi) is 5.61. The zero-order valence-corrected chi connectivity index (χ0v) is 16.0. The van der Waals surface area contributed by atoms with Crippen LogP contribution < -0.4 is 4.13 Å². The second-order valence-corrected chi connectivity index (χ2v) is 9.70. The van der Waals surface area contributed by atoms with Crippen molar-refractivity contribution in [2.45, 2.75) is 30.1 Å². The van der Waals surface area contributed by atoms with Gasteiger partial charge in [0.25, 0.3) is 20.0 Å². The summed E-state index contributed by atoms with van der Waals surface area (Å²) < 4.78 is 51.4. The van der Waals surface area contributed by atoms with Gasteiger partial charge in [0.1, 0.15) is 0 Å². The maximum absolute atomic E-state index is 12.4. The fourth-order valence-corrected chi connectivity index (χ4v) is 5.89. The SMILES string of the molecule is CCc1cc(Cl)cc(S(=O)(=O)NS(=O)(=O)c2cc(C)cc(Cl)c2)c1. The van der Waals surface area contributed by atoms with Gasteiger partial charge in [0.2, 0.25) is 0 Å². The molecule has 9 heteroatoms. The number of sulfonamides is 2. The van der Waals surface area contributed by atoms with E-state index in [1.54, 1.807) is 23.2 Å². The predicted molar refractivity (Wildman–Crippen MR) is 94.5 cm³/mol. The number of aryl methyl sites for hydroxylation is 2. The first-order valence-electron chi connectivity index (χ1n) is 6.89. The molecule has 0 aromatic heterocycles. The Labute approximate surface area is 151 Å². The van der Waals surface area contributed by atoms with Crippen LogP contribution in [0.2, 0.25) is 10.0 Å². The van der Waals surface area contributed by atoms with Gasteiger partial charge in [0, 0.05) is 10.0 Å². The van der Waals surface area contributed by atoms with E-state index in [0.717, 1.165) is 0 Å². The van der Waals surface area contributed by atoms with Crippen molar-refractivity contribution in [3.8, 4) is 0 Å². The topological polar surface area (TPSA) is 80.3 Å². The fraction of sp³-hybridized carbons (Fsp3) is 0.200. The molecule has 0 atom stereocenters. The highest BCUT2D eigenvalue weighted by molar-refractivity contribution is 8.04. The number of halogens is 2. The fourth-order valence-electron chi connectivity index (χ4n) is 2.08. The lowest BCUT2D eigenvalue weighted by Gasteiger charge is -2.10. The summed E-state index contributed by atoms with van der Waals surface area (Å²) in [5, 5.41) is 0.412. The number of hydrogen-bond acceptors (Lipinski definition) is 4. The van der Waals surface area contributed by atoms with Gasteiger partial charge in [0.05, 0.1) is 9.79 Å². The number of rotatable bonds is 5. The third-order valence-corrected chi connectivity index (χ3v) is 7.10. The van der Waals surface area contributed by atoms with Gasteiger partial charge in [0.15, 0.2) is 0 Å². The molecular weight excluding hydrogens is 393 g/mol. The van der Waals surface area contributed by atoms with Crippen molar-refractivity contribution in [3.63, 3.8) is 0 Å². The summed E-state index contributed by atoms with van der Waals surface area (Å²) in [4.78, 5) is -0.442.